The van der Waals surface area contributed by atoms with Gasteiger partial charge in [-0.15, -0.1) is 0 Å². The minimum Gasteiger partial charge on any atom is -0.390 e. The van der Waals surface area contributed by atoms with Gasteiger partial charge in [-0.3, -0.25) is 9.59 Å². The fraction of sp³-hybridized carbons (Fsp3) is 0.889. The van der Waals surface area contributed by atoms with Crippen LogP contribution in [0.2, 0.25) is 0 Å². The maximum Gasteiger partial charge on any atom is 0.221 e. The zero-order valence-electron chi connectivity index (χ0n) is 14.5. The molecule has 0 aliphatic rings. The third-order valence-corrected chi connectivity index (χ3v) is 4.57. The summed E-state index contributed by atoms with van der Waals surface area (Å²) in [4.78, 5) is 21.1. The van der Waals surface area contributed by atoms with Crippen LogP contribution in [0.15, 0.2) is 0 Å². The van der Waals surface area contributed by atoms with Crippen molar-refractivity contribution < 1.29 is 19.8 Å². The van der Waals surface area contributed by atoms with E-state index in [1.807, 2.05) is 0 Å². The first-order valence-corrected chi connectivity index (χ1v) is 9.92. The topological polar surface area (TPSA) is 74.6 Å². The number of halogens is 2. The van der Waals surface area contributed by atoms with Crippen LogP contribution in [0.1, 0.15) is 89.9 Å². The van der Waals surface area contributed by atoms with Crippen molar-refractivity contribution in [3.63, 3.8) is 0 Å². The number of aliphatic hydroxyl groups excluding tert-OH is 2. The van der Waals surface area contributed by atoms with E-state index >= 15 is 0 Å². The van der Waals surface area contributed by atoms with Crippen LogP contribution >= 0.6 is 23.2 Å². The summed E-state index contributed by atoms with van der Waals surface area (Å²) in [5, 5.41) is 19.3. The van der Waals surface area contributed by atoms with Gasteiger partial charge in [0.05, 0.1) is 12.2 Å². The molecule has 0 spiro atoms. The second-order valence-electron chi connectivity index (χ2n) is 6.46. The number of unbranched alkanes of at least 4 members (excludes halogenated alkanes) is 8. The van der Waals surface area contributed by atoms with E-state index in [0.717, 1.165) is 64.2 Å². The number of rotatable bonds is 17. The number of hydrogen-bond acceptors (Lipinski definition) is 4. The summed E-state index contributed by atoms with van der Waals surface area (Å²) >= 11 is 10.5. The molecule has 0 aromatic heterocycles. The van der Waals surface area contributed by atoms with Crippen LogP contribution in [0.4, 0.5) is 0 Å². The average molecular weight is 383 g/mol. The lowest BCUT2D eigenvalue weighted by Crippen LogP contribution is -2.25. The first kappa shape index (κ1) is 23.8. The van der Waals surface area contributed by atoms with E-state index < -0.39 is 12.2 Å². The zero-order chi connectivity index (χ0) is 18.2. The van der Waals surface area contributed by atoms with Crippen LogP contribution in [0.3, 0.4) is 0 Å². The molecule has 0 heterocycles. The fourth-order valence-electron chi connectivity index (χ4n) is 2.68. The van der Waals surface area contributed by atoms with Crippen molar-refractivity contribution in [2.75, 3.05) is 0 Å². The third-order valence-electron chi connectivity index (χ3n) is 4.19. The molecule has 2 atom stereocenters. The molecule has 0 bridgehead atoms. The quantitative estimate of drug-likeness (QED) is 0.282. The minimum absolute atomic E-state index is 0.277. The second kappa shape index (κ2) is 16.3. The van der Waals surface area contributed by atoms with Crippen molar-refractivity contribution >= 4 is 33.7 Å². The maximum atomic E-state index is 10.6. The Morgan fingerprint density at radius 2 is 0.875 bits per heavy atom. The van der Waals surface area contributed by atoms with E-state index in [1.54, 1.807) is 0 Å². The lowest BCUT2D eigenvalue weighted by atomic mass is 9.99. The molecule has 0 radical (unpaired) electrons. The first-order valence-electron chi connectivity index (χ1n) is 9.16. The summed E-state index contributed by atoms with van der Waals surface area (Å²) in [5.41, 5.74) is 0. The molecule has 0 saturated carbocycles. The van der Waals surface area contributed by atoms with Crippen molar-refractivity contribution in [3.05, 3.63) is 0 Å². The van der Waals surface area contributed by atoms with E-state index in [9.17, 15) is 19.8 Å². The Morgan fingerprint density at radius 1 is 0.583 bits per heavy atom. The largest absolute Gasteiger partial charge is 0.390 e. The van der Waals surface area contributed by atoms with E-state index in [-0.39, 0.29) is 10.5 Å². The SMILES string of the molecule is O=C(Cl)CCCCCCCC(O)C(O)CCCCCCCC(=O)Cl. The molecule has 0 amide bonds. The zero-order valence-corrected chi connectivity index (χ0v) is 16.0. The Labute approximate surface area is 155 Å². The van der Waals surface area contributed by atoms with Crippen LogP contribution < -0.4 is 0 Å². The predicted octanol–water partition coefficient (Wildman–Crippen LogP) is 4.70. The predicted molar refractivity (Wildman–Crippen MR) is 98.4 cm³/mol. The normalized spacial score (nSPS) is 13.7. The highest BCUT2D eigenvalue weighted by Gasteiger charge is 2.15. The van der Waals surface area contributed by atoms with Crippen LogP contribution in [0.5, 0.6) is 0 Å². The molecule has 4 nitrogen and oxygen atoms in total. The smallest absolute Gasteiger partial charge is 0.221 e. The van der Waals surface area contributed by atoms with Crippen molar-refractivity contribution in [2.45, 2.75) is 102 Å². The van der Waals surface area contributed by atoms with Crippen LogP contribution in [-0.4, -0.2) is 32.9 Å². The van der Waals surface area contributed by atoms with Gasteiger partial charge in [0.1, 0.15) is 0 Å². The molecule has 0 aromatic carbocycles. The molecular weight excluding hydrogens is 351 g/mol. The van der Waals surface area contributed by atoms with Gasteiger partial charge >= 0.3 is 0 Å². The van der Waals surface area contributed by atoms with E-state index in [2.05, 4.69) is 0 Å². The summed E-state index contributed by atoms with van der Waals surface area (Å²) in [6, 6.07) is 0. The molecule has 24 heavy (non-hydrogen) atoms. The van der Waals surface area contributed by atoms with Gasteiger partial charge in [0.2, 0.25) is 10.5 Å². The van der Waals surface area contributed by atoms with Crippen molar-refractivity contribution in [1.29, 1.82) is 0 Å². The molecule has 2 N–H and O–H groups in total. The number of carbonyl (C=O) groups excluding carboxylic acids is 2. The van der Waals surface area contributed by atoms with Crippen LogP contribution in [0, 0.1) is 0 Å². The molecule has 0 aliphatic carbocycles. The fourth-order valence-corrected chi connectivity index (χ4v) is 2.95. The van der Waals surface area contributed by atoms with Crippen LogP contribution in [-0.2, 0) is 9.59 Å². The summed E-state index contributed by atoms with van der Waals surface area (Å²) < 4.78 is 0. The monoisotopic (exact) mass is 382 g/mol. The van der Waals surface area contributed by atoms with Gasteiger partial charge in [0.15, 0.2) is 0 Å². The Balaban J connectivity index is 3.41. The first-order chi connectivity index (χ1) is 11.4. The Bertz CT molecular complexity index is 305. The Hall–Kier alpha value is -0.160. The van der Waals surface area contributed by atoms with E-state index in [1.165, 1.54) is 0 Å². The van der Waals surface area contributed by atoms with Gasteiger partial charge in [-0.25, -0.2) is 0 Å². The number of aliphatic hydroxyl groups is 2. The molecule has 0 saturated heterocycles. The van der Waals surface area contributed by atoms with Gasteiger partial charge in [-0.1, -0.05) is 51.4 Å². The lowest BCUT2D eigenvalue weighted by Gasteiger charge is -2.17. The molecule has 142 valence electrons. The molecule has 6 heteroatoms. The summed E-state index contributed by atoms with van der Waals surface area (Å²) in [5.74, 6) is 0. The van der Waals surface area contributed by atoms with Gasteiger partial charge in [-0.05, 0) is 48.9 Å². The van der Waals surface area contributed by atoms with Gasteiger partial charge in [-0.2, -0.15) is 0 Å². The molecular formula is C18H32Cl2O4. The highest BCUT2D eigenvalue weighted by molar-refractivity contribution is 6.63. The van der Waals surface area contributed by atoms with Gasteiger partial charge < -0.3 is 10.2 Å². The van der Waals surface area contributed by atoms with Gasteiger partial charge in [0.25, 0.3) is 0 Å². The maximum absolute atomic E-state index is 10.6. The Kier molecular flexibility index (Phi) is 16.2. The lowest BCUT2D eigenvalue weighted by molar-refractivity contribution is -0.112. The standard InChI is InChI=1S/C18H32Cl2O4/c19-17(23)13-9-5-1-3-7-11-15(21)16(22)12-8-4-2-6-10-14-18(20)24/h15-16,21-22H,1-14H2. The third kappa shape index (κ3) is 16.7. The summed E-state index contributed by atoms with van der Waals surface area (Å²) in [6.07, 6.45) is 10.2. The summed E-state index contributed by atoms with van der Waals surface area (Å²) in [6.45, 7) is 0. The second-order valence-corrected chi connectivity index (χ2v) is 7.30. The molecule has 0 rings (SSSR count). The minimum atomic E-state index is -0.650. The number of hydrogen-bond donors (Lipinski definition) is 2. The molecule has 0 aliphatic heterocycles. The molecule has 2 unspecified atom stereocenters. The molecule has 0 fully saturated rings. The van der Waals surface area contributed by atoms with Crippen molar-refractivity contribution in [2.24, 2.45) is 0 Å². The van der Waals surface area contributed by atoms with E-state index in [4.69, 9.17) is 23.2 Å². The van der Waals surface area contributed by atoms with E-state index in [0.29, 0.717) is 25.7 Å². The van der Waals surface area contributed by atoms with Gasteiger partial charge in [0, 0.05) is 12.8 Å². The van der Waals surface area contributed by atoms with Crippen LogP contribution in [0.25, 0.3) is 0 Å². The van der Waals surface area contributed by atoms with Crippen molar-refractivity contribution in [3.8, 4) is 0 Å². The highest BCUT2D eigenvalue weighted by atomic mass is 35.5. The number of carbonyl (C=O) groups is 2. The van der Waals surface area contributed by atoms with Crippen molar-refractivity contribution in [1.82, 2.24) is 0 Å². The summed E-state index contributed by atoms with van der Waals surface area (Å²) in [7, 11) is 0. The molecule has 0 aromatic rings. The Morgan fingerprint density at radius 3 is 1.21 bits per heavy atom. The average Bonchev–Trinajstić information content (AvgIpc) is 2.51. The highest BCUT2D eigenvalue weighted by Crippen LogP contribution is 2.15.